The normalized spacial score (nSPS) is 10.3. The van der Waals surface area contributed by atoms with Gasteiger partial charge in [0.05, 0.1) is 16.8 Å². The summed E-state index contributed by atoms with van der Waals surface area (Å²) in [7, 11) is 5.61. The van der Waals surface area contributed by atoms with Crippen LogP contribution in [-0.4, -0.2) is 57.8 Å². The Kier molecular flexibility index (Phi) is 8.82. The zero-order valence-electron chi connectivity index (χ0n) is 17.0. The van der Waals surface area contributed by atoms with Crippen LogP contribution in [0.4, 0.5) is 11.4 Å². The molecule has 0 radical (unpaired) electrons. The molecule has 0 fully saturated rings. The summed E-state index contributed by atoms with van der Waals surface area (Å²) >= 11 is 1.56. The van der Waals surface area contributed by atoms with Gasteiger partial charge in [-0.05, 0) is 48.5 Å². The lowest BCUT2D eigenvalue weighted by Crippen LogP contribution is -2.24. The Hall–Kier alpha value is -2.71. The van der Waals surface area contributed by atoms with Crippen LogP contribution in [0.5, 0.6) is 0 Å². The van der Waals surface area contributed by atoms with Gasteiger partial charge in [-0.25, -0.2) is 15.4 Å². The van der Waals surface area contributed by atoms with Gasteiger partial charge in [-0.15, -0.1) is 0 Å². The van der Waals surface area contributed by atoms with Crippen molar-refractivity contribution in [2.24, 2.45) is 5.84 Å². The zero-order valence-corrected chi connectivity index (χ0v) is 17.8. The van der Waals surface area contributed by atoms with Crippen molar-refractivity contribution < 1.29 is 19.1 Å². The molecule has 0 unspecified atom stereocenters. The second-order valence-corrected chi connectivity index (χ2v) is 7.71. The number of benzene rings is 2. The maximum atomic E-state index is 12.0. The van der Waals surface area contributed by atoms with Crippen molar-refractivity contribution >= 4 is 35.1 Å². The number of rotatable bonds is 10. The smallest absolute Gasteiger partial charge is 0.338 e. The van der Waals surface area contributed by atoms with Crippen molar-refractivity contribution in [3.63, 3.8) is 0 Å². The van der Waals surface area contributed by atoms with Crippen molar-refractivity contribution in [1.82, 2.24) is 0 Å². The fourth-order valence-corrected chi connectivity index (χ4v) is 2.99. The van der Waals surface area contributed by atoms with Crippen LogP contribution in [0.25, 0.3) is 0 Å². The molecular weight excluding hydrogens is 390 g/mol. The number of ether oxygens (including phenoxy) is 2. The van der Waals surface area contributed by atoms with Gasteiger partial charge in [-0.3, -0.25) is 0 Å². The summed E-state index contributed by atoms with van der Waals surface area (Å²) in [6.07, 6.45) is 0. The molecule has 2 aromatic rings. The second-order valence-electron chi connectivity index (χ2n) is 6.48. The van der Waals surface area contributed by atoms with Gasteiger partial charge in [0, 0.05) is 38.3 Å². The minimum atomic E-state index is -0.371. The molecule has 156 valence electrons. The van der Waals surface area contributed by atoms with Gasteiger partial charge in [0.1, 0.15) is 13.2 Å². The fraction of sp³-hybridized carbons (Fsp3) is 0.333. The lowest BCUT2D eigenvalue weighted by Gasteiger charge is -2.12. The second kappa shape index (κ2) is 11.3. The molecule has 0 saturated heterocycles. The Morgan fingerprint density at radius 3 is 1.59 bits per heavy atom. The van der Waals surface area contributed by atoms with Gasteiger partial charge < -0.3 is 19.4 Å². The standard InChI is InChI=1S/C21H27N3O4S/c1-23(2)18-8-4-16(5-9-18)20(25)27-12-14-29-15-13-28-21(26)17-6-10-19(11-7-17)24(3)22/h4-11H,12-15,22H2,1-3H3. The van der Waals surface area contributed by atoms with E-state index in [0.29, 0.717) is 35.8 Å². The predicted octanol–water partition coefficient (Wildman–Crippen LogP) is 2.81. The van der Waals surface area contributed by atoms with Crippen LogP contribution in [0.15, 0.2) is 48.5 Å². The van der Waals surface area contributed by atoms with Gasteiger partial charge >= 0.3 is 11.9 Å². The molecule has 8 heteroatoms. The van der Waals surface area contributed by atoms with E-state index in [0.717, 1.165) is 11.4 Å². The third kappa shape index (κ3) is 7.32. The topological polar surface area (TPSA) is 85.1 Å². The number of hydrogen-bond acceptors (Lipinski definition) is 8. The maximum Gasteiger partial charge on any atom is 0.338 e. The van der Waals surface area contributed by atoms with Crippen LogP contribution < -0.4 is 15.8 Å². The average molecular weight is 418 g/mol. The quantitative estimate of drug-likeness (QED) is 0.273. The van der Waals surface area contributed by atoms with Crippen molar-refractivity contribution in [2.45, 2.75) is 0 Å². The number of nitrogens with two attached hydrogens (primary N) is 1. The van der Waals surface area contributed by atoms with E-state index in [1.54, 1.807) is 55.2 Å². The molecule has 0 aliphatic carbocycles. The largest absolute Gasteiger partial charge is 0.461 e. The Balaban J connectivity index is 1.59. The Morgan fingerprint density at radius 2 is 1.21 bits per heavy atom. The van der Waals surface area contributed by atoms with Crippen molar-refractivity contribution in [3.05, 3.63) is 59.7 Å². The molecule has 2 aromatic carbocycles. The lowest BCUT2D eigenvalue weighted by atomic mass is 10.2. The molecule has 0 aliphatic heterocycles. The highest BCUT2D eigenvalue weighted by atomic mass is 32.2. The lowest BCUT2D eigenvalue weighted by molar-refractivity contribution is 0.0525. The van der Waals surface area contributed by atoms with Crippen LogP contribution in [0.2, 0.25) is 0 Å². The number of carbonyl (C=O) groups excluding carboxylic acids is 2. The van der Waals surface area contributed by atoms with Gasteiger partial charge in [0.2, 0.25) is 0 Å². The van der Waals surface area contributed by atoms with Crippen LogP contribution >= 0.6 is 11.8 Å². The van der Waals surface area contributed by atoms with Crippen LogP contribution in [-0.2, 0) is 9.47 Å². The third-order valence-electron chi connectivity index (χ3n) is 4.05. The van der Waals surface area contributed by atoms with E-state index in [9.17, 15) is 9.59 Å². The molecule has 0 atom stereocenters. The van der Waals surface area contributed by atoms with E-state index in [4.69, 9.17) is 15.3 Å². The number of carbonyl (C=O) groups is 2. The molecule has 0 spiro atoms. The summed E-state index contributed by atoms with van der Waals surface area (Å²) in [5, 5.41) is 1.47. The predicted molar refractivity (Wildman–Crippen MR) is 118 cm³/mol. The molecule has 0 heterocycles. The van der Waals surface area contributed by atoms with Crippen LogP contribution in [0.3, 0.4) is 0 Å². The molecule has 0 aliphatic rings. The number of thioether (sulfide) groups is 1. The number of esters is 2. The van der Waals surface area contributed by atoms with Crippen LogP contribution in [0.1, 0.15) is 20.7 Å². The fourth-order valence-electron chi connectivity index (χ4n) is 2.38. The molecule has 2 rings (SSSR count). The zero-order chi connectivity index (χ0) is 21.2. The number of nitrogens with zero attached hydrogens (tertiary/aromatic N) is 2. The summed E-state index contributed by atoms with van der Waals surface area (Å²) in [4.78, 5) is 25.9. The third-order valence-corrected chi connectivity index (χ3v) is 4.96. The molecule has 0 aromatic heterocycles. The SMILES string of the molecule is CN(C)c1ccc(C(=O)OCCSCCOC(=O)c2ccc(N(C)N)cc2)cc1. The minimum Gasteiger partial charge on any atom is -0.461 e. The molecule has 0 bridgehead atoms. The Bertz CT molecular complexity index is 725. The first kappa shape index (κ1) is 22.6. The first-order chi connectivity index (χ1) is 13.9. The summed E-state index contributed by atoms with van der Waals surface area (Å²) in [5.41, 5.74) is 2.84. The average Bonchev–Trinajstić information content (AvgIpc) is 2.72. The monoisotopic (exact) mass is 417 g/mol. The highest BCUT2D eigenvalue weighted by Gasteiger charge is 2.09. The van der Waals surface area contributed by atoms with Gasteiger partial charge in [0.25, 0.3) is 0 Å². The van der Waals surface area contributed by atoms with E-state index in [2.05, 4.69) is 0 Å². The van der Waals surface area contributed by atoms with E-state index in [-0.39, 0.29) is 11.9 Å². The molecule has 2 N–H and O–H groups in total. The number of hydrogen-bond donors (Lipinski definition) is 1. The highest BCUT2D eigenvalue weighted by molar-refractivity contribution is 7.99. The van der Waals surface area contributed by atoms with Crippen LogP contribution in [0, 0.1) is 0 Å². The first-order valence-electron chi connectivity index (χ1n) is 9.16. The van der Waals surface area contributed by atoms with Gasteiger partial charge in [-0.1, -0.05) is 0 Å². The summed E-state index contributed by atoms with van der Waals surface area (Å²) in [6.45, 7) is 0.600. The molecule has 29 heavy (non-hydrogen) atoms. The number of hydrazine groups is 1. The molecule has 0 amide bonds. The molecule has 7 nitrogen and oxygen atoms in total. The van der Waals surface area contributed by atoms with Gasteiger partial charge in [-0.2, -0.15) is 11.8 Å². The summed E-state index contributed by atoms with van der Waals surface area (Å²) < 4.78 is 10.5. The summed E-state index contributed by atoms with van der Waals surface area (Å²) in [5.74, 6) is 6.18. The van der Waals surface area contributed by atoms with Crippen molar-refractivity contribution in [3.8, 4) is 0 Å². The minimum absolute atomic E-state index is 0.294. The van der Waals surface area contributed by atoms with E-state index < -0.39 is 0 Å². The van der Waals surface area contributed by atoms with Gasteiger partial charge in [0.15, 0.2) is 0 Å². The maximum absolute atomic E-state index is 12.0. The highest BCUT2D eigenvalue weighted by Crippen LogP contribution is 2.14. The molecule has 0 saturated carbocycles. The molecular formula is C21H27N3O4S. The first-order valence-corrected chi connectivity index (χ1v) is 10.3. The Morgan fingerprint density at radius 1 is 0.793 bits per heavy atom. The van der Waals surface area contributed by atoms with Crippen molar-refractivity contribution in [1.29, 1.82) is 0 Å². The van der Waals surface area contributed by atoms with E-state index in [1.165, 1.54) is 5.01 Å². The summed E-state index contributed by atoms with van der Waals surface area (Å²) in [6, 6.07) is 14.1. The van der Waals surface area contributed by atoms with E-state index >= 15 is 0 Å². The number of anilines is 2. The Labute approximate surface area is 175 Å². The van der Waals surface area contributed by atoms with Crippen molar-refractivity contribution in [2.75, 3.05) is 55.8 Å². The van der Waals surface area contributed by atoms with E-state index in [1.807, 2.05) is 31.1 Å².